The van der Waals surface area contributed by atoms with Crippen molar-refractivity contribution in [1.29, 1.82) is 5.41 Å². The van der Waals surface area contributed by atoms with Gasteiger partial charge in [0, 0.05) is 5.71 Å². The summed E-state index contributed by atoms with van der Waals surface area (Å²) < 4.78 is 17.1. The van der Waals surface area contributed by atoms with Crippen LogP contribution in [0.25, 0.3) is 0 Å². The first-order valence-corrected chi connectivity index (χ1v) is 5.93. The maximum Gasteiger partial charge on any atom is 0.123 e. The highest BCUT2D eigenvalue weighted by atomic mass is 19.1. The summed E-state index contributed by atoms with van der Waals surface area (Å²) in [6.45, 7) is 3.64. The van der Waals surface area contributed by atoms with E-state index in [4.69, 9.17) is 10.1 Å². The van der Waals surface area contributed by atoms with Crippen molar-refractivity contribution in [3.05, 3.63) is 29.8 Å². The lowest BCUT2D eigenvalue weighted by Crippen LogP contribution is -2.04. The van der Waals surface area contributed by atoms with Crippen LogP contribution in [-0.4, -0.2) is 19.0 Å². The normalized spacial score (nSPS) is 12.2. The van der Waals surface area contributed by atoms with Crippen LogP contribution in [0.2, 0.25) is 0 Å². The minimum atomic E-state index is -0.461. The van der Waals surface area contributed by atoms with Crippen LogP contribution in [0.15, 0.2) is 24.3 Å². The third-order valence-electron chi connectivity index (χ3n) is 2.51. The van der Waals surface area contributed by atoms with Gasteiger partial charge in [-0.2, -0.15) is 0 Å². The lowest BCUT2D eigenvalue weighted by Gasteiger charge is -2.11. The molecule has 17 heavy (non-hydrogen) atoms. The Morgan fingerprint density at radius 3 is 2.53 bits per heavy atom. The van der Waals surface area contributed by atoms with Crippen LogP contribution in [0.4, 0.5) is 4.39 Å². The molecule has 1 aromatic carbocycles. The third-order valence-corrected chi connectivity index (χ3v) is 2.51. The Bertz CT molecular complexity index is 348. The van der Waals surface area contributed by atoms with E-state index < -0.39 is 6.67 Å². The van der Waals surface area contributed by atoms with Crippen LogP contribution in [-0.2, 0) is 6.42 Å². The summed E-state index contributed by atoms with van der Waals surface area (Å²) in [5.41, 5.74) is 1.95. The third kappa shape index (κ3) is 5.48. The average Bonchev–Trinajstić information content (AvgIpc) is 2.27. The van der Waals surface area contributed by atoms with Crippen LogP contribution in [0.3, 0.4) is 0 Å². The van der Waals surface area contributed by atoms with E-state index in [0.717, 1.165) is 18.6 Å². The fourth-order valence-corrected chi connectivity index (χ4v) is 1.88. The molecule has 0 spiro atoms. The summed E-state index contributed by atoms with van der Waals surface area (Å²) >= 11 is 0. The van der Waals surface area contributed by atoms with Crippen molar-refractivity contribution in [2.75, 3.05) is 13.3 Å². The number of hydrogen-bond acceptors (Lipinski definition) is 2. The molecule has 0 heterocycles. The minimum absolute atomic E-state index is 0.114. The van der Waals surface area contributed by atoms with Crippen LogP contribution in [0, 0.1) is 11.3 Å². The molecule has 0 radical (unpaired) electrons. The summed E-state index contributed by atoms with van der Waals surface area (Å²) in [4.78, 5) is 0. The number of hydrogen-bond donors (Lipinski definition) is 1. The van der Waals surface area contributed by atoms with Crippen molar-refractivity contribution in [3.8, 4) is 5.75 Å². The molecule has 1 unspecified atom stereocenters. The monoisotopic (exact) mass is 237 g/mol. The summed E-state index contributed by atoms with van der Waals surface area (Å²) in [6.07, 6.45) is 1.79. The van der Waals surface area contributed by atoms with Crippen molar-refractivity contribution in [1.82, 2.24) is 0 Å². The Hall–Kier alpha value is -1.38. The van der Waals surface area contributed by atoms with E-state index in [2.05, 4.69) is 6.92 Å². The SMILES string of the molecule is CC(=N)CC(C)Cc1ccc(OCCF)cc1. The van der Waals surface area contributed by atoms with Gasteiger partial charge in [-0.25, -0.2) is 4.39 Å². The van der Waals surface area contributed by atoms with E-state index in [9.17, 15) is 4.39 Å². The summed E-state index contributed by atoms with van der Waals surface area (Å²) in [6, 6.07) is 7.75. The number of nitrogens with one attached hydrogen (secondary N) is 1. The molecule has 0 saturated carbocycles. The second-order valence-corrected chi connectivity index (χ2v) is 4.48. The van der Waals surface area contributed by atoms with E-state index in [-0.39, 0.29) is 6.61 Å². The molecular weight excluding hydrogens is 217 g/mol. The number of rotatable bonds is 7. The maximum absolute atomic E-state index is 11.9. The largest absolute Gasteiger partial charge is 0.491 e. The maximum atomic E-state index is 11.9. The molecule has 0 fully saturated rings. The first-order chi connectivity index (χ1) is 8.11. The van der Waals surface area contributed by atoms with Gasteiger partial charge in [0.1, 0.15) is 19.0 Å². The second-order valence-electron chi connectivity index (χ2n) is 4.48. The van der Waals surface area contributed by atoms with E-state index in [1.54, 1.807) is 0 Å². The van der Waals surface area contributed by atoms with E-state index in [1.165, 1.54) is 5.56 Å². The van der Waals surface area contributed by atoms with Crippen molar-refractivity contribution in [3.63, 3.8) is 0 Å². The zero-order chi connectivity index (χ0) is 12.7. The van der Waals surface area contributed by atoms with Gasteiger partial charge < -0.3 is 10.1 Å². The number of halogens is 1. The zero-order valence-corrected chi connectivity index (χ0v) is 10.5. The lowest BCUT2D eigenvalue weighted by atomic mass is 9.96. The summed E-state index contributed by atoms with van der Waals surface area (Å²) in [5.74, 6) is 1.19. The Labute approximate surface area is 102 Å². The number of ether oxygens (including phenoxy) is 1. The molecule has 3 heteroatoms. The fourth-order valence-electron chi connectivity index (χ4n) is 1.88. The van der Waals surface area contributed by atoms with Gasteiger partial charge in [0.25, 0.3) is 0 Å². The van der Waals surface area contributed by atoms with E-state index in [1.807, 2.05) is 31.2 Å². The first kappa shape index (κ1) is 13.7. The summed E-state index contributed by atoms with van der Waals surface area (Å²) in [7, 11) is 0. The van der Waals surface area contributed by atoms with E-state index in [0.29, 0.717) is 11.7 Å². The van der Waals surface area contributed by atoms with Crippen molar-refractivity contribution < 1.29 is 9.13 Å². The van der Waals surface area contributed by atoms with Crippen LogP contribution < -0.4 is 4.74 Å². The Balaban J connectivity index is 2.47. The van der Waals surface area contributed by atoms with Gasteiger partial charge in [-0.1, -0.05) is 19.1 Å². The van der Waals surface area contributed by atoms with Gasteiger partial charge in [-0.05, 0) is 43.4 Å². The zero-order valence-electron chi connectivity index (χ0n) is 10.5. The first-order valence-electron chi connectivity index (χ1n) is 5.93. The number of benzene rings is 1. The quantitative estimate of drug-likeness (QED) is 0.721. The van der Waals surface area contributed by atoms with Gasteiger partial charge in [-0.3, -0.25) is 0 Å². The predicted molar refractivity (Wildman–Crippen MR) is 68.8 cm³/mol. The molecule has 0 aromatic heterocycles. The fraction of sp³-hybridized carbons (Fsp3) is 0.500. The average molecular weight is 237 g/mol. The molecule has 1 atom stereocenters. The van der Waals surface area contributed by atoms with Crippen molar-refractivity contribution in [2.24, 2.45) is 5.92 Å². The highest BCUT2D eigenvalue weighted by molar-refractivity contribution is 5.78. The van der Waals surface area contributed by atoms with Gasteiger partial charge in [0.15, 0.2) is 0 Å². The molecule has 0 aliphatic rings. The molecule has 1 N–H and O–H groups in total. The van der Waals surface area contributed by atoms with Gasteiger partial charge in [0.05, 0.1) is 0 Å². The van der Waals surface area contributed by atoms with Crippen LogP contribution >= 0.6 is 0 Å². The predicted octanol–water partition coefficient (Wildman–Crippen LogP) is 3.64. The van der Waals surface area contributed by atoms with E-state index >= 15 is 0 Å². The van der Waals surface area contributed by atoms with Gasteiger partial charge in [-0.15, -0.1) is 0 Å². The molecule has 0 bridgehead atoms. The van der Waals surface area contributed by atoms with Gasteiger partial charge in [0.2, 0.25) is 0 Å². The van der Waals surface area contributed by atoms with Crippen molar-refractivity contribution >= 4 is 5.71 Å². The molecule has 1 rings (SSSR count). The molecule has 0 amide bonds. The standard InChI is InChI=1S/C14H20FNO/c1-11(9-12(2)16)10-13-3-5-14(6-4-13)17-8-7-15/h3-6,11,16H,7-10H2,1-2H3. The molecule has 1 aromatic rings. The molecular formula is C14H20FNO. The molecule has 94 valence electrons. The minimum Gasteiger partial charge on any atom is -0.491 e. The van der Waals surface area contributed by atoms with Crippen LogP contribution in [0.1, 0.15) is 25.8 Å². The Kier molecular flexibility index (Phi) is 5.67. The van der Waals surface area contributed by atoms with Crippen molar-refractivity contribution in [2.45, 2.75) is 26.7 Å². The second kappa shape index (κ2) is 7.05. The topological polar surface area (TPSA) is 33.1 Å². The smallest absolute Gasteiger partial charge is 0.123 e. The van der Waals surface area contributed by atoms with Gasteiger partial charge >= 0.3 is 0 Å². The van der Waals surface area contributed by atoms with Crippen LogP contribution in [0.5, 0.6) is 5.75 Å². The Morgan fingerprint density at radius 2 is 2.00 bits per heavy atom. The molecule has 0 aliphatic heterocycles. The molecule has 2 nitrogen and oxygen atoms in total. The molecule has 0 saturated heterocycles. The molecule has 0 aliphatic carbocycles. The Morgan fingerprint density at radius 1 is 1.35 bits per heavy atom. The summed E-state index contributed by atoms with van der Waals surface area (Å²) in [5, 5.41) is 7.45. The lowest BCUT2D eigenvalue weighted by molar-refractivity contribution is 0.273. The highest BCUT2D eigenvalue weighted by Gasteiger charge is 2.05. The highest BCUT2D eigenvalue weighted by Crippen LogP contribution is 2.16. The number of alkyl halides is 1.